The zero-order chi connectivity index (χ0) is 19.2. The van der Waals surface area contributed by atoms with Gasteiger partial charge in [-0.05, 0) is 38.4 Å². The van der Waals surface area contributed by atoms with Crippen molar-refractivity contribution in [3.8, 4) is 11.3 Å². The number of likely N-dealkylation sites (N-methyl/N-ethyl adjacent to an activating group) is 1. The van der Waals surface area contributed by atoms with E-state index in [4.69, 9.17) is 0 Å². The molecule has 2 aromatic heterocycles. The smallest absolute Gasteiger partial charge is 0.225 e. The van der Waals surface area contributed by atoms with Gasteiger partial charge < -0.3 is 15.5 Å². The summed E-state index contributed by atoms with van der Waals surface area (Å²) in [7, 11) is 3.96. The predicted octanol–water partition coefficient (Wildman–Crippen LogP) is 3.53. The molecule has 2 N–H and O–H groups in total. The molecule has 0 aliphatic carbocycles. The average Bonchev–Trinajstić information content (AvgIpc) is 2.65. The van der Waals surface area contributed by atoms with Crippen LogP contribution in [0.4, 0.5) is 26.2 Å². The molecule has 3 aromatic rings. The van der Waals surface area contributed by atoms with Gasteiger partial charge in [-0.1, -0.05) is 0 Å². The molecule has 0 radical (unpaired) electrons. The Morgan fingerprint density at radius 1 is 0.963 bits per heavy atom. The van der Waals surface area contributed by atoms with E-state index < -0.39 is 11.6 Å². The summed E-state index contributed by atoms with van der Waals surface area (Å²) in [4.78, 5) is 15.0. The largest absolute Gasteiger partial charge is 0.353 e. The van der Waals surface area contributed by atoms with Crippen LogP contribution >= 0.6 is 0 Å². The van der Waals surface area contributed by atoms with E-state index >= 15 is 0 Å². The first-order valence-electron chi connectivity index (χ1n) is 8.41. The van der Waals surface area contributed by atoms with Crippen molar-refractivity contribution in [1.29, 1.82) is 0 Å². The van der Waals surface area contributed by atoms with Crippen LogP contribution in [0.1, 0.15) is 0 Å². The van der Waals surface area contributed by atoms with Crippen molar-refractivity contribution in [2.24, 2.45) is 0 Å². The van der Waals surface area contributed by atoms with Gasteiger partial charge in [0.15, 0.2) is 11.6 Å². The summed E-state index contributed by atoms with van der Waals surface area (Å²) in [5.74, 6) is -0.911. The maximum Gasteiger partial charge on any atom is 0.225 e. The second-order valence-electron chi connectivity index (χ2n) is 6.18. The third-order valence-electron chi connectivity index (χ3n) is 3.74. The summed E-state index contributed by atoms with van der Waals surface area (Å²) in [6.07, 6.45) is 3.36. The molecule has 0 saturated carbocycles. The average molecular weight is 370 g/mol. The second-order valence-corrected chi connectivity index (χ2v) is 6.18. The predicted molar refractivity (Wildman–Crippen MR) is 102 cm³/mol. The molecule has 6 nitrogen and oxygen atoms in total. The fourth-order valence-electron chi connectivity index (χ4n) is 2.37. The molecule has 0 unspecified atom stereocenters. The summed E-state index contributed by atoms with van der Waals surface area (Å²) in [6, 6.07) is 9.03. The summed E-state index contributed by atoms with van der Waals surface area (Å²) in [5, 5.41) is 6.18. The highest BCUT2D eigenvalue weighted by molar-refractivity contribution is 5.67. The van der Waals surface area contributed by atoms with Gasteiger partial charge in [-0.25, -0.2) is 13.8 Å². The third kappa shape index (κ3) is 5.18. The maximum absolute atomic E-state index is 13.5. The molecule has 0 amide bonds. The number of benzene rings is 1. The molecule has 1 aromatic carbocycles. The number of nitrogens with zero attached hydrogens (tertiary/aromatic N) is 4. The minimum atomic E-state index is -0.923. The molecule has 0 fully saturated rings. The first kappa shape index (κ1) is 18.7. The van der Waals surface area contributed by atoms with E-state index in [0.29, 0.717) is 29.7 Å². The summed E-state index contributed by atoms with van der Waals surface area (Å²) < 4.78 is 26.6. The number of nitrogens with one attached hydrogen (secondary N) is 2. The van der Waals surface area contributed by atoms with Gasteiger partial charge in [0.05, 0.1) is 5.69 Å². The lowest BCUT2D eigenvalue weighted by atomic mass is 10.2. The van der Waals surface area contributed by atoms with Crippen LogP contribution in [0.3, 0.4) is 0 Å². The van der Waals surface area contributed by atoms with E-state index in [9.17, 15) is 8.78 Å². The molecule has 0 aliphatic heterocycles. The Hall–Kier alpha value is -3.13. The van der Waals surface area contributed by atoms with Crippen LogP contribution in [0.2, 0.25) is 0 Å². The highest BCUT2D eigenvalue weighted by Crippen LogP contribution is 2.24. The number of aromatic nitrogens is 3. The van der Waals surface area contributed by atoms with E-state index in [1.807, 2.05) is 31.1 Å². The standard InChI is InChI=1S/C19H20F2N6/c1-27(2)10-9-23-19-25-17(13-5-7-22-8-6-13)12-18(26-19)24-14-3-4-15(20)16(21)11-14/h3-8,11-12H,9-10H2,1-2H3,(H2,23,24,25,26). The van der Waals surface area contributed by atoms with Crippen LogP contribution in [0.15, 0.2) is 48.8 Å². The molecule has 0 atom stereocenters. The summed E-state index contributed by atoms with van der Waals surface area (Å²) >= 11 is 0. The monoisotopic (exact) mass is 370 g/mol. The maximum atomic E-state index is 13.5. The Kier molecular flexibility index (Phi) is 5.87. The Morgan fingerprint density at radius 3 is 2.44 bits per heavy atom. The van der Waals surface area contributed by atoms with Crippen molar-refractivity contribution < 1.29 is 8.78 Å². The van der Waals surface area contributed by atoms with E-state index in [1.54, 1.807) is 18.5 Å². The van der Waals surface area contributed by atoms with Crippen LogP contribution in [-0.2, 0) is 0 Å². The van der Waals surface area contributed by atoms with Gasteiger partial charge in [0.2, 0.25) is 5.95 Å². The molecule has 0 bridgehead atoms. The Balaban J connectivity index is 1.90. The van der Waals surface area contributed by atoms with E-state index in [2.05, 4.69) is 25.6 Å². The lowest BCUT2D eigenvalue weighted by molar-refractivity contribution is 0.425. The van der Waals surface area contributed by atoms with Gasteiger partial charge in [-0.3, -0.25) is 4.98 Å². The molecule has 3 rings (SSSR count). The molecule has 0 aliphatic rings. The fourth-order valence-corrected chi connectivity index (χ4v) is 2.37. The number of rotatable bonds is 7. The van der Waals surface area contributed by atoms with Crippen molar-refractivity contribution in [2.75, 3.05) is 37.8 Å². The van der Waals surface area contributed by atoms with Crippen LogP contribution in [-0.4, -0.2) is 47.0 Å². The Morgan fingerprint density at radius 2 is 1.74 bits per heavy atom. The van der Waals surface area contributed by atoms with Crippen LogP contribution < -0.4 is 10.6 Å². The molecule has 0 saturated heterocycles. The van der Waals surface area contributed by atoms with Crippen molar-refractivity contribution in [2.45, 2.75) is 0 Å². The van der Waals surface area contributed by atoms with Crippen molar-refractivity contribution in [3.63, 3.8) is 0 Å². The van der Waals surface area contributed by atoms with E-state index in [-0.39, 0.29) is 0 Å². The SMILES string of the molecule is CN(C)CCNc1nc(Nc2ccc(F)c(F)c2)cc(-c2ccncc2)n1. The number of pyridine rings is 1. The van der Waals surface area contributed by atoms with Gasteiger partial charge in [-0.2, -0.15) is 4.98 Å². The van der Waals surface area contributed by atoms with Gasteiger partial charge in [-0.15, -0.1) is 0 Å². The number of hydrogen-bond acceptors (Lipinski definition) is 6. The highest BCUT2D eigenvalue weighted by Gasteiger charge is 2.09. The molecule has 0 spiro atoms. The fraction of sp³-hybridized carbons (Fsp3) is 0.211. The molecule has 8 heteroatoms. The third-order valence-corrected chi connectivity index (χ3v) is 3.74. The Bertz CT molecular complexity index is 902. The van der Waals surface area contributed by atoms with E-state index in [1.165, 1.54) is 6.07 Å². The van der Waals surface area contributed by atoms with Gasteiger partial charge >= 0.3 is 0 Å². The lowest BCUT2D eigenvalue weighted by Crippen LogP contribution is -2.21. The summed E-state index contributed by atoms with van der Waals surface area (Å²) in [6.45, 7) is 1.48. The Labute approximate surface area is 156 Å². The van der Waals surface area contributed by atoms with Crippen LogP contribution in [0.25, 0.3) is 11.3 Å². The quantitative estimate of drug-likeness (QED) is 0.663. The number of hydrogen-bond donors (Lipinski definition) is 2. The first-order chi connectivity index (χ1) is 13.0. The number of halogens is 2. The normalized spacial score (nSPS) is 10.9. The second kappa shape index (κ2) is 8.50. The van der Waals surface area contributed by atoms with Gasteiger partial charge in [0.25, 0.3) is 0 Å². The van der Waals surface area contributed by atoms with Gasteiger partial charge in [0, 0.05) is 48.9 Å². The van der Waals surface area contributed by atoms with Crippen molar-refractivity contribution >= 4 is 17.5 Å². The van der Waals surface area contributed by atoms with Crippen LogP contribution in [0, 0.1) is 11.6 Å². The topological polar surface area (TPSA) is 66.0 Å². The zero-order valence-electron chi connectivity index (χ0n) is 15.1. The van der Waals surface area contributed by atoms with Crippen LogP contribution in [0.5, 0.6) is 0 Å². The molecule has 2 heterocycles. The minimum Gasteiger partial charge on any atom is -0.353 e. The first-order valence-corrected chi connectivity index (χ1v) is 8.41. The van der Waals surface area contributed by atoms with E-state index in [0.717, 1.165) is 24.2 Å². The molecule has 140 valence electrons. The lowest BCUT2D eigenvalue weighted by Gasteiger charge is -2.13. The molecule has 27 heavy (non-hydrogen) atoms. The molecular weight excluding hydrogens is 350 g/mol. The molecular formula is C19H20F2N6. The zero-order valence-corrected chi connectivity index (χ0v) is 15.1. The van der Waals surface area contributed by atoms with Gasteiger partial charge in [0.1, 0.15) is 5.82 Å². The van der Waals surface area contributed by atoms with Crippen molar-refractivity contribution in [1.82, 2.24) is 19.9 Å². The minimum absolute atomic E-state index is 0.396. The number of anilines is 3. The van der Waals surface area contributed by atoms with Crippen molar-refractivity contribution in [3.05, 3.63) is 60.4 Å². The highest BCUT2D eigenvalue weighted by atomic mass is 19.2. The summed E-state index contributed by atoms with van der Waals surface area (Å²) in [5.41, 5.74) is 1.95.